The van der Waals surface area contributed by atoms with Crippen LogP contribution in [0.2, 0.25) is 0 Å². The second kappa shape index (κ2) is 4.10. The molecule has 1 N–H and O–H groups in total. The number of aliphatic hydroxyl groups is 1. The van der Waals surface area contributed by atoms with Gasteiger partial charge in [0.1, 0.15) is 0 Å². The lowest BCUT2D eigenvalue weighted by atomic mass is 9.78. The molecule has 1 aliphatic carbocycles. The van der Waals surface area contributed by atoms with Gasteiger partial charge in [0.05, 0.1) is 5.60 Å². The van der Waals surface area contributed by atoms with Crippen molar-refractivity contribution < 1.29 is 5.11 Å². The highest BCUT2D eigenvalue weighted by atomic mass is 16.3. The number of allylic oxidation sites excluding steroid dienone is 2. The minimum Gasteiger partial charge on any atom is -0.385 e. The monoisotopic (exact) mass is 180 g/mol. The van der Waals surface area contributed by atoms with E-state index in [-0.39, 0.29) is 0 Å². The van der Waals surface area contributed by atoms with Gasteiger partial charge >= 0.3 is 0 Å². The Kier molecular flexibility index (Phi) is 3.32. The van der Waals surface area contributed by atoms with Crippen molar-refractivity contribution in [2.45, 2.75) is 45.6 Å². The van der Waals surface area contributed by atoms with Gasteiger partial charge in [-0.25, -0.2) is 0 Å². The van der Waals surface area contributed by atoms with Gasteiger partial charge in [0.15, 0.2) is 0 Å². The van der Waals surface area contributed by atoms with Crippen LogP contribution in [0, 0.1) is 5.92 Å². The highest BCUT2D eigenvalue weighted by Crippen LogP contribution is 2.32. The molecule has 1 aliphatic rings. The summed E-state index contributed by atoms with van der Waals surface area (Å²) in [4.78, 5) is 0. The molecule has 0 spiro atoms. The number of hydrogen-bond acceptors (Lipinski definition) is 1. The maximum atomic E-state index is 10.2. The van der Waals surface area contributed by atoms with Crippen LogP contribution in [-0.2, 0) is 0 Å². The standard InChI is InChI=1S/C12H20O/c1-4-10-7-8-12(13,6-3)11(5-2)9-10/h7-9,11,13H,4-6H2,1-3H3. The molecular formula is C12H20O. The van der Waals surface area contributed by atoms with Crippen LogP contribution in [0.3, 0.4) is 0 Å². The Morgan fingerprint density at radius 2 is 2.08 bits per heavy atom. The van der Waals surface area contributed by atoms with Crippen molar-refractivity contribution in [3.05, 3.63) is 23.8 Å². The fourth-order valence-corrected chi connectivity index (χ4v) is 1.92. The van der Waals surface area contributed by atoms with E-state index in [1.54, 1.807) is 0 Å². The third-order valence-corrected chi connectivity index (χ3v) is 3.06. The summed E-state index contributed by atoms with van der Waals surface area (Å²) in [6.07, 6.45) is 9.14. The Hall–Kier alpha value is -0.560. The van der Waals surface area contributed by atoms with Crippen molar-refractivity contribution >= 4 is 0 Å². The molecule has 0 heterocycles. The van der Waals surface area contributed by atoms with Gasteiger partial charge in [0, 0.05) is 5.92 Å². The first-order valence-corrected chi connectivity index (χ1v) is 5.28. The van der Waals surface area contributed by atoms with Crippen LogP contribution in [0.5, 0.6) is 0 Å². The summed E-state index contributed by atoms with van der Waals surface area (Å²) in [5, 5.41) is 10.2. The van der Waals surface area contributed by atoms with E-state index in [9.17, 15) is 5.11 Å². The zero-order valence-corrected chi connectivity index (χ0v) is 8.88. The SMILES string of the molecule is CCC1=CC(CC)C(O)(CC)C=C1. The van der Waals surface area contributed by atoms with E-state index in [1.165, 1.54) is 5.57 Å². The van der Waals surface area contributed by atoms with Crippen molar-refractivity contribution in [2.75, 3.05) is 0 Å². The second-order valence-corrected chi connectivity index (χ2v) is 3.79. The molecule has 0 fully saturated rings. The van der Waals surface area contributed by atoms with Gasteiger partial charge in [-0.05, 0) is 19.3 Å². The second-order valence-electron chi connectivity index (χ2n) is 3.79. The molecule has 0 aromatic heterocycles. The first-order valence-electron chi connectivity index (χ1n) is 5.28. The normalized spacial score (nSPS) is 33.2. The van der Waals surface area contributed by atoms with Crippen molar-refractivity contribution in [3.63, 3.8) is 0 Å². The van der Waals surface area contributed by atoms with Gasteiger partial charge in [-0.3, -0.25) is 0 Å². The third kappa shape index (κ3) is 2.02. The summed E-state index contributed by atoms with van der Waals surface area (Å²) in [5.41, 5.74) is 0.762. The Bertz CT molecular complexity index is 227. The van der Waals surface area contributed by atoms with Gasteiger partial charge < -0.3 is 5.11 Å². The largest absolute Gasteiger partial charge is 0.385 e. The molecule has 2 unspecified atom stereocenters. The summed E-state index contributed by atoms with van der Waals surface area (Å²) in [5.74, 6) is 0.303. The molecule has 0 aromatic rings. The quantitative estimate of drug-likeness (QED) is 0.707. The molecule has 13 heavy (non-hydrogen) atoms. The maximum Gasteiger partial charge on any atom is 0.0890 e. The highest BCUT2D eigenvalue weighted by molar-refractivity contribution is 5.29. The summed E-state index contributed by atoms with van der Waals surface area (Å²) >= 11 is 0. The molecule has 1 nitrogen and oxygen atoms in total. The van der Waals surface area contributed by atoms with Crippen LogP contribution in [0.4, 0.5) is 0 Å². The molecule has 0 amide bonds. The van der Waals surface area contributed by atoms with Crippen LogP contribution in [0.15, 0.2) is 23.8 Å². The fraction of sp³-hybridized carbons (Fsp3) is 0.667. The molecule has 0 saturated carbocycles. The third-order valence-electron chi connectivity index (χ3n) is 3.06. The topological polar surface area (TPSA) is 20.2 Å². The molecule has 0 saturated heterocycles. The lowest BCUT2D eigenvalue weighted by Gasteiger charge is -2.33. The fourth-order valence-electron chi connectivity index (χ4n) is 1.92. The summed E-state index contributed by atoms with van der Waals surface area (Å²) in [6, 6.07) is 0. The molecule has 0 aliphatic heterocycles. The molecule has 0 aromatic carbocycles. The Morgan fingerprint density at radius 1 is 1.38 bits per heavy atom. The van der Waals surface area contributed by atoms with Crippen LogP contribution in [-0.4, -0.2) is 10.7 Å². The van der Waals surface area contributed by atoms with E-state index in [0.717, 1.165) is 19.3 Å². The molecule has 1 heteroatoms. The smallest absolute Gasteiger partial charge is 0.0890 e. The van der Waals surface area contributed by atoms with Crippen molar-refractivity contribution in [2.24, 2.45) is 5.92 Å². The number of rotatable bonds is 3. The molecule has 2 atom stereocenters. The van der Waals surface area contributed by atoms with E-state index in [0.29, 0.717) is 5.92 Å². The zero-order chi connectivity index (χ0) is 9.90. The molecule has 74 valence electrons. The van der Waals surface area contributed by atoms with Crippen LogP contribution in [0.25, 0.3) is 0 Å². The highest BCUT2D eigenvalue weighted by Gasteiger charge is 2.31. The Labute approximate surface area is 81.2 Å². The van der Waals surface area contributed by atoms with Gasteiger partial charge in [-0.1, -0.05) is 44.6 Å². The number of hydrogen-bond donors (Lipinski definition) is 1. The molecule has 1 rings (SSSR count). The van der Waals surface area contributed by atoms with Gasteiger partial charge in [-0.2, -0.15) is 0 Å². The average molecular weight is 180 g/mol. The summed E-state index contributed by atoms with van der Waals surface area (Å²) in [7, 11) is 0. The van der Waals surface area contributed by atoms with Gasteiger partial charge in [0.25, 0.3) is 0 Å². The minimum atomic E-state index is -0.590. The zero-order valence-electron chi connectivity index (χ0n) is 8.88. The Morgan fingerprint density at radius 3 is 2.54 bits per heavy atom. The van der Waals surface area contributed by atoms with Crippen molar-refractivity contribution in [1.82, 2.24) is 0 Å². The van der Waals surface area contributed by atoms with E-state index in [4.69, 9.17) is 0 Å². The minimum absolute atomic E-state index is 0.303. The molecule has 0 radical (unpaired) electrons. The first-order chi connectivity index (χ1) is 6.16. The average Bonchev–Trinajstić information content (AvgIpc) is 2.18. The summed E-state index contributed by atoms with van der Waals surface area (Å²) < 4.78 is 0. The van der Waals surface area contributed by atoms with Crippen molar-refractivity contribution in [3.8, 4) is 0 Å². The van der Waals surface area contributed by atoms with Gasteiger partial charge in [0.2, 0.25) is 0 Å². The predicted molar refractivity (Wildman–Crippen MR) is 56.5 cm³/mol. The molecule has 0 bridgehead atoms. The predicted octanol–water partition coefficient (Wildman–Crippen LogP) is 3.06. The molecular weight excluding hydrogens is 160 g/mol. The van der Waals surface area contributed by atoms with Crippen LogP contribution in [0.1, 0.15) is 40.0 Å². The summed E-state index contributed by atoms with van der Waals surface area (Å²) in [6.45, 7) is 6.32. The lowest BCUT2D eigenvalue weighted by Crippen LogP contribution is -2.35. The van der Waals surface area contributed by atoms with Crippen molar-refractivity contribution in [1.29, 1.82) is 0 Å². The van der Waals surface area contributed by atoms with Crippen LogP contribution < -0.4 is 0 Å². The maximum absolute atomic E-state index is 10.2. The van der Waals surface area contributed by atoms with E-state index >= 15 is 0 Å². The first kappa shape index (κ1) is 10.5. The Balaban J connectivity index is 2.85. The van der Waals surface area contributed by atoms with E-state index < -0.39 is 5.60 Å². The van der Waals surface area contributed by atoms with Crippen LogP contribution >= 0.6 is 0 Å². The van der Waals surface area contributed by atoms with Gasteiger partial charge in [-0.15, -0.1) is 0 Å². The van der Waals surface area contributed by atoms with E-state index in [2.05, 4.69) is 26.0 Å². The van der Waals surface area contributed by atoms with E-state index in [1.807, 2.05) is 13.0 Å². The lowest BCUT2D eigenvalue weighted by molar-refractivity contribution is 0.0403.